The van der Waals surface area contributed by atoms with E-state index in [-0.39, 0.29) is 22.9 Å². The lowest BCUT2D eigenvalue weighted by Crippen LogP contribution is -2.35. The Morgan fingerprint density at radius 3 is 2.59 bits per heavy atom. The molecular formula is C13H8N2O2. The van der Waals surface area contributed by atoms with Crippen molar-refractivity contribution in [2.75, 3.05) is 0 Å². The maximum absolute atomic E-state index is 12.1. The molecule has 1 aliphatic rings. The fraction of sp³-hybridized carbons (Fsp3) is 0. The molecule has 4 nitrogen and oxygen atoms in total. The number of allylic oxidation sites excluding steroid dienone is 1. The van der Waals surface area contributed by atoms with Gasteiger partial charge in [0.2, 0.25) is 0 Å². The fourth-order valence-electron chi connectivity index (χ4n) is 1.89. The molecule has 2 heterocycles. The number of fused-ring (bicyclic) bond motifs is 1. The van der Waals surface area contributed by atoms with E-state index in [1.54, 1.807) is 36.7 Å². The zero-order chi connectivity index (χ0) is 11.8. The third-order valence-corrected chi connectivity index (χ3v) is 2.67. The first-order valence-corrected chi connectivity index (χ1v) is 5.17. The van der Waals surface area contributed by atoms with Crippen molar-refractivity contribution in [1.82, 2.24) is 4.98 Å². The van der Waals surface area contributed by atoms with Crippen LogP contribution in [-0.4, -0.2) is 10.8 Å². The Bertz CT molecular complexity index is 633. The highest BCUT2D eigenvalue weighted by Crippen LogP contribution is 2.26. The first-order valence-electron chi connectivity index (χ1n) is 5.17. The van der Waals surface area contributed by atoms with Crippen LogP contribution >= 0.6 is 0 Å². The topological polar surface area (TPSA) is 56.9 Å². The van der Waals surface area contributed by atoms with Crippen LogP contribution < -0.4 is 9.67 Å². The molecule has 3 rings (SSSR count). The van der Waals surface area contributed by atoms with E-state index in [0.717, 1.165) is 0 Å². The maximum atomic E-state index is 12.1. The van der Waals surface area contributed by atoms with Crippen LogP contribution in [0.4, 0.5) is 0 Å². The molecule has 1 aliphatic carbocycles. The zero-order valence-electron chi connectivity index (χ0n) is 8.83. The maximum Gasteiger partial charge on any atom is 0.275 e. The SMILES string of the molecule is O=C1C([n+]2ccccc2)=C([O-])c2cccnc21. The van der Waals surface area contributed by atoms with Crippen molar-refractivity contribution in [2.24, 2.45) is 0 Å². The van der Waals surface area contributed by atoms with Gasteiger partial charge in [0, 0.05) is 23.9 Å². The smallest absolute Gasteiger partial charge is 0.275 e. The molecule has 0 unspecified atom stereocenters. The molecule has 0 aromatic carbocycles. The summed E-state index contributed by atoms with van der Waals surface area (Å²) >= 11 is 0. The number of rotatable bonds is 1. The second kappa shape index (κ2) is 3.52. The molecule has 4 heteroatoms. The minimum absolute atomic E-state index is 0.138. The number of nitrogens with zero attached hydrogens (tertiary/aromatic N) is 2. The predicted molar refractivity (Wildman–Crippen MR) is 58.3 cm³/mol. The molecule has 2 aromatic heterocycles. The molecule has 0 atom stereocenters. The number of carbonyl (C=O) groups excluding carboxylic acids is 1. The summed E-state index contributed by atoms with van der Waals surface area (Å²) in [6, 6.07) is 8.64. The van der Waals surface area contributed by atoms with Gasteiger partial charge in [0.1, 0.15) is 5.69 Å². The number of aromatic nitrogens is 2. The molecule has 17 heavy (non-hydrogen) atoms. The van der Waals surface area contributed by atoms with Gasteiger partial charge in [-0.05, 0) is 11.8 Å². The number of hydrogen-bond donors (Lipinski definition) is 0. The van der Waals surface area contributed by atoms with Gasteiger partial charge < -0.3 is 5.11 Å². The van der Waals surface area contributed by atoms with Crippen LogP contribution in [0.25, 0.3) is 11.5 Å². The summed E-state index contributed by atoms with van der Waals surface area (Å²) in [6.45, 7) is 0. The van der Waals surface area contributed by atoms with Crippen LogP contribution in [0, 0.1) is 0 Å². The predicted octanol–water partition coefficient (Wildman–Crippen LogP) is 0.252. The van der Waals surface area contributed by atoms with Crippen molar-refractivity contribution in [3.05, 3.63) is 60.2 Å². The molecule has 0 fully saturated rings. The van der Waals surface area contributed by atoms with Gasteiger partial charge in [0.15, 0.2) is 12.4 Å². The van der Waals surface area contributed by atoms with Gasteiger partial charge in [-0.1, -0.05) is 12.1 Å². The normalized spacial score (nSPS) is 14.0. The van der Waals surface area contributed by atoms with E-state index in [9.17, 15) is 9.90 Å². The van der Waals surface area contributed by atoms with E-state index in [1.165, 1.54) is 10.8 Å². The van der Waals surface area contributed by atoms with Crippen molar-refractivity contribution >= 4 is 17.2 Å². The molecule has 0 aliphatic heterocycles. The molecule has 0 radical (unpaired) electrons. The summed E-state index contributed by atoms with van der Waals surface area (Å²) < 4.78 is 1.53. The highest BCUT2D eigenvalue weighted by Gasteiger charge is 2.32. The average molecular weight is 224 g/mol. The Labute approximate surface area is 97.5 Å². The summed E-state index contributed by atoms with van der Waals surface area (Å²) in [6.07, 6.45) is 4.87. The molecule has 0 amide bonds. The summed E-state index contributed by atoms with van der Waals surface area (Å²) in [4.78, 5) is 16.0. The van der Waals surface area contributed by atoms with Crippen LogP contribution in [0.2, 0.25) is 0 Å². The van der Waals surface area contributed by atoms with Gasteiger partial charge in [0.25, 0.3) is 11.5 Å². The summed E-state index contributed by atoms with van der Waals surface area (Å²) in [5.74, 6) is -0.587. The van der Waals surface area contributed by atoms with Crippen molar-refractivity contribution in [2.45, 2.75) is 0 Å². The molecule has 0 N–H and O–H groups in total. The second-order valence-electron chi connectivity index (χ2n) is 3.69. The van der Waals surface area contributed by atoms with Crippen LogP contribution in [0.15, 0.2) is 48.9 Å². The number of ketones is 1. The van der Waals surface area contributed by atoms with Crippen molar-refractivity contribution < 1.29 is 14.5 Å². The fourth-order valence-corrected chi connectivity index (χ4v) is 1.89. The van der Waals surface area contributed by atoms with Gasteiger partial charge in [-0.25, -0.2) is 0 Å². The highest BCUT2D eigenvalue weighted by molar-refractivity contribution is 6.31. The summed E-state index contributed by atoms with van der Waals surface area (Å²) in [7, 11) is 0. The third kappa shape index (κ3) is 1.34. The lowest BCUT2D eigenvalue weighted by atomic mass is 10.2. The summed E-state index contributed by atoms with van der Waals surface area (Å²) in [5.41, 5.74) is 0.756. The molecule has 0 saturated carbocycles. The second-order valence-corrected chi connectivity index (χ2v) is 3.69. The molecular weight excluding hydrogens is 216 g/mol. The first kappa shape index (κ1) is 9.72. The average Bonchev–Trinajstić information content (AvgIpc) is 2.64. The Kier molecular flexibility index (Phi) is 2.01. The Morgan fingerprint density at radius 1 is 1.12 bits per heavy atom. The van der Waals surface area contributed by atoms with Gasteiger partial charge in [-0.3, -0.25) is 9.78 Å². The van der Waals surface area contributed by atoms with Crippen LogP contribution in [0.5, 0.6) is 0 Å². The minimum Gasteiger partial charge on any atom is -0.867 e. The van der Waals surface area contributed by atoms with Gasteiger partial charge in [-0.2, -0.15) is 4.57 Å². The van der Waals surface area contributed by atoms with Gasteiger partial charge >= 0.3 is 0 Å². The third-order valence-electron chi connectivity index (χ3n) is 2.67. The van der Waals surface area contributed by atoms with E-state index < -0.39 is 0 Å². The quantitative estimate of drug-likeness (QED) is 0.652. The van der Waals surface area contributed by atoms with E-state index in [1.807, 2.05) is 6.07 Å². The number of Topliss-reactive ketones (excluding diaryl/α,β-unsaturated/α-hetero) is 1. The standard InChI is InChI=1S/C13H8N2O2/c16-12-9-5-4-6-14-10(9)13(17)11(12)15-7-2-1-3-8-15/h1-8H. The zero-order valence-corrected chi connectivity index (χ0v) is 8.83. The minimum atomic E-state index is -0.318. The van der Waals surface area contributed by atoms with Crippen LogP contribution in [0.3, 0.4) is 0 Å². The lowest BCUT2D eigenvalue weighted by molar-refractivity contribution is -0.578. The molecule has 0 saturated heterocycles. The van der Waals surface area contributed by atoms with E-state index in [0.29, 0.717) is 5.56 Å². The molecule has 2 aromatic rings. The number of pyridine rings is 2. The largest absolute Gasteiger partial charge is 0.867 e. The van der Waals surface area contributed by atoms with Gasteiger partial charge in [0.05, 0.1) is 0 Å². The van der Waals surface area contributed by atoms with Crippen molar-refractivity contribution in [1.29, 1.82) is 0 Å². The van der Waals surface area contributed by atoms with Crippen molar-refractivity contribution in [3.8, 4) is 0 Å². The van der Waals surface area contributed by atoms with E-state index in [4.69, 9.17) is 0 Å². The Morgan fingerprint density at radius 2 is 1.88 bits per heavy atom. The van der Waals surface area contributed by atoms with Gasteiger partial charge in [-0.15, -0.1) is 0 Å². The lowest BCUT2D eigenvalue weighted by Gasteiger charge is -2.05. The number of carbonyl (C=O) groups is 1. The molecule has 82 valence electrons. The molecule has 0 spiro atoms. The Hall–Kier alpha value is -2.49. The van der Waals surface area contributed by atoms with Crippen LogP contribution in [-0.2, 0) is 0 Å². The number of hydrogen-bond acceptors (Lipinski definition) is 3. The Balaban J connectivity index is 2.22. The van der Waals surface area contributed by atoms with E-state index in [2.05, 4.69) is 4.98 Å². The summed E-state index contributed by atoms with van der Waals surface area (Å²) in [5, 5.41) is 12.1. The van der Waals surface area contributed by atoms with Crippen LogP contribution in [0.1, 0.15) is 16.1 Å². The monoisotopic (exact) mass is 224 g/mol. The highest BCUT2D eigenvalue weighted by atomic mass is 16.3. The first-order chi connectivity index (χ1) is 8.29. The molecule has 0 bridgehead atoms. The van der Waals surface area contributed by atoms with Crippen molar-refractivity contribution in [3.63, 3.8) is 0 Å². The van der Waals surface area contributed by atoms with E-state index >= 15 is 0 Å².